The Morgan fingerprint density at radius 1 is 1.40 bits per heavy atom. The minimum Gasteiger partial charge on any atom is -0.462 e. The summed E-state index contributed by atoms with van der Waals surface area (Å²) in [5.41, 5.74) is 1.60. The fraction of sp³-hybridized carbons (Fsp3) is 0.385. The summed E-state index contributed by atoms with van der Waals surface area (Å²) in [4.78, 5) is 17.7. The number of thiophene rings is 1. The molecule has 104 valence electrons. The first-order chi connectivity index (χ1) is 9.67. The average molecular weight is 290 g/mol. The van der Waals surface area contributed by atoms with E-state index in [0.717, 1.165) is 33.7 Å². The normalized spacial score (nSPS) is 11.3. The van der Waals surface area contributed by atoms with Gasteiger partial charge in [-0.25, -0.2) is 9.78 Å². The van der Waals surface area contributed by atoms with Crippen LogP contribution in [0.2, 0.25) is 0 Å². The molecule has 0 aliphatic carbocycles. The summed E-state index contributed by atoms with van der Waals surface area (Å²) in [5.74, 6) is 0.555. The molecule has 3 aromatic rings. The van der Waals surface area contributed by atoms with Crippen LogP contribution in [-0.2, 0) is 11.2 Å². The summed E-state index contributed by atoms with van der Waals surface area (Å²) in [7, 11) is 0. The molecule has 0 aromatic carbocycles. The Kier molecular flexibility index (Phi) is 3.13. The van der Waals surface area contributed by atoms with Gasteiger partial charge in [-0.2, -0.15) is 0 Å². The molecule has 3 heterocycles. The predicted octanol–water partition coefficient (Wildman–Crippen LogP) is 2.39. The number of esters is 1. The van der Waals surface area contributed by atoms with Crippen molar-refractivity contribution < 1.29 is 9.53 Å². The van der Waals surface area contributed by atoms with Gasteiger partial charge in [0.15, 0.2) is 5.65 Å². The first kappa shape index (κ1) is 13.0. The van der Waals surface area contributed by atoms with E-state index in [-0.39, 0.29) is 5.97 Å². The molecule has 0 fully saturated rings. The Labute approximate surface area is 119 Å². The van der Waals surface area contributed by atoms with Crippen LogP contribution in [0.25, 0.3) is 15.9 Å². The Balaban J connectivity index is 2.29. The fourth-order valence-corrected chi connectivity index (χ4v) is 3.25. The van der Waals surface area contributed by atoms with Gasteiger partial charge in [-0.3, -0.25) is 4.40 Å². The zero-order valence-electron chi connectivity index (χ0n) is 11.5. The van der Waals surface area contributed by atoms with E-state index in [2.05, 4.69) is 15.2 Å². The van der Waals surface area contributed by atoms with Crippen LogP contribution in [0.1, 0.15) is 34.9 Å². The Morgan fingerprint density at radius 2 is 2.20 bits per heavy atom. The van der Waals surface area contributed by atoms with Crippen molar-refractivity contribution in [2.24, 2.45) is 0 Å². The van der Waals surface area contributed by atoms with Gasteiger partial charge in [-0.15, -0.1) is 21.5 Å². The Morgan fingerprint density at radius 3 is 2.90 bits per heavy atom. The van der Waals surface area contributed by atoms with Gasteiger partial charge in [0.2, 0.25) is 0 Å². The van der Waals surface area contributed by atoms with E-state index in [1.54, 1.807) is 13.3 Å². The molecule has 0 spiro atoms. The van der Waals surface area contributed by atoms with Gasteiger partial charge in [0.05, 0.1) is 12.0 Å². The van der Waals surface area contributed by atoms with E-state index in [4.69, 9.17) is 4.74 Å². The van der Waals surface area contributed by atoms with E-state index in [1.807, 2.05) is 18.2 Å². The Hall–Kier alpha value is -2.02. The highest BCUT2D eigenvalue weighted by molar-refractivity contribution is 7.20. The van der Waals surface area contributed by atoms with Crippen LogP contribution < -0.4 is 0 Å². The number of aryl methyl sites for hydroxylation is 2. The maximum atomic E-state index is 12.0. The average Bonchev–Trinajstić information content (AvgIpc) is 2.99. The minimum atomic E-state index is -0.304. The lowest BCUT2D eigenvalue weighted by molar-refractivity contribution is 0.0531. The summed E-state index contributed by atoms with van der Waals surface area (Å²) < 4.78 is 6.95. The molecule has 0 saturated heterocycles. The number of rotatable bonds is 3. The van der Waals surface area contributed by atoms with Crippen LogP contribution in [0.3, 0.4) is 0 Å². The van der Waals surface area contributed by atoms with Crippen molar-refractivity contribution in [1.29, 1.82) is 0 Å². The molecule has 0 radical (unpaired) electrons. The number of carbonyl (C=O) groups is 1. The fourth-order valence-electron chi connectivity index (χ4n) is 2.21. The SMILES string of the molecule is CCOC(=O)c1sc2ncn3c(CC)nnc3c2c1C. The van der Waals surface area contributed by atoms with Crippen molar-refractivity contribution in [1.82, 2.24) is 19.6 Å². The zero-order chi connectivity index (χ0) is 14.3. The molecule has 0 atom stereocenters. The number of hydrogen-bond acceptors (Lipinski definition) is 6. The summed E-state index contributed by atoms with van der Waals surface area (Å²) in [6, 6.07) is 0. The number of carbonyl (C=O) groups excluding carboxylic acids is 1. The van der Waals surface area contributed by atoms with Gasteiger partial charge in [0.25, 0.3) is 0 Å². The van der Waals surface area contributed by atoms with Crippen molar-refractivity contribution in [3.05, 3.63) is 22.6 Å². The highest BCUT2D eigenvalue weighted by atomic mass is 32.1. The number of fused-ring (bicyclic) bond motifs is 3. The molecule has 7 heteroatoms. The maximum Gasteiger partial charge on any atom is 0.348 e. The molecular weight excluding hydrogens is 276 g/mol. The molecule has 3 rings (SSSR count). The van der Waals surface area contributed by atoms with Crippen molar-refractivity contribution in [3.63, 3.8) is 0 Å². The van der Waals surface area contributed by atoms with E-state index in [9.17, 15) is 4.79 Å². The quantitative estimate of drug-likeness (QED) is 0.693. The van der Waals surface area contributed by atoms with Gasteiger partial charge in [-0.05, 0) is 19.4 Å². The maximum absolute atomic E-state index is 12.0. The van der Waals surface area contributed by atoms with Gasteiger partial charge in [-0.1, -0.05) is 6.92 Å². The topological polar surface area (TPSA) is 69.4 Å². The van der Waals surface area contributed by atoms with Crippen molar-refractivity contribution in [3.8, 4) is 0 Å². The van der Waals surface area contributed by atoms with Gasteiger partial charge < -0.3 is 4.74 Å². The zero-order valence-corrected chi connectivity index (χ0v) is 12.3. The van der Waals surface area contributed by atoms with Crippen LogP contribution in [0.5, 0.6) is 0 Å². The summed E-state index contributed by atoms with van der Waals surface area (Å²) in [5, 5.41) is 9.26. The van der Waals surface area contributed by atoms with Gasteiger partial charge >= 0.3 is 5.97 Å². The van der Waals surface area contributed by atoms with Crippen molar-refractivity contribution >= 4 is 33.2 Å². The molecule has 0 bridgehead atoms. The van der Waals surface area contributed by atoms with Crippen molar-refractivity contribution in [2.45, 2.75) is 27.2 Å². The predicted molar refractivity (Wildman–Crippen MR) is 76.2 cm³/mol. The molecule has 0 N–H and O–H groups in total. The number of ether oxygens (including phenoxy) is 1. The first-order valence-electron chi connectivity index (χ1n) is 6.46. The number of nitrogens with zero attached hydrogens (tertiary/aromatic N) is 4. The molecule has 0 unspecified atom stereocenters. The van der Waals surface area contributed by atoms with Gasteiger partial charge in [0, 0.05) is 6.42 Å². The van der Waals surface area contributed by atoms with Gasteiger partial charge in [0.1, 0.15) is 21.9 Å². The lowest BCUT2D eigenvalue weighted by atomic mass is 10.2. The molecular formula is C13H14N4O2S. The third-order valence-corrected chi connectivity index (χ3v) is 4.37. The van der Waals surface area contributed by atoms with E-state index >= 15 is 0 Å². The monoisotopic (exact) mass is 290 g/mol. The van der Waals surface area contributed by atoms with E-state index < -0.39 is 0 Å². The van der Waals surface area contributed by atoms with Crippen LogP contribution >= 0.6 is 11.3 Å². The largest absolute Gasteiger partial charge is 0.462 e. The van der Waals surface area contributed by atoms with Crippen LogP contribution in [0.4, 0.5) is 0 Å². The summed E-state index contributed by atoms with van der Waals surface area (Å²) >= 11 is 1.34. The minimum absolute atomic E-state index is 0.304. The van der Waals surface area contributed by atoms with Crippen LogP contribution in [0, 0.1) is 6.92 Å². The third kappa shape index (κ3) is 1.77. The van der Waals surface area contributed by atoms with E-state index in [1.165, 1.54) is 11.3 Å². The molecule has 20 heavy (non-hydrogen) atoms. The summed E-state index contributed by atoms with van der Waals surface area (Å²) in [6.07, 6.45) is 2.49. The van der Waals surface area contributed by atoms with Crippen LogP contribution in [0.15, 0.2) is 6.33 Å². The molecule has 6 nitrogen and oxygen atoms in total. The third-order valence-electron chi connectivity index (χ3n) is 3.19. The highest BCUT2D eigenvalue weighted by Gasteiger charge is 2.20. The first-order valence-corrected chi connectivity index (χ1v) is 7.27. The molecule has 3 aromatic heterocycles. The second-order valence-electron chi connectivity index (χ2n) is 4.36. The lowest BCUT2D eigenvalue weighted by Gasteiger charge is -1.99. The Bertz CT molecular complexity index is 806. The summed E-state index contributed by atoms with van der Waals surface area (Å²) in [6.45, 7) is 6.07. The molecule has 0 amide bonds. The highest BCUT2D eigenvalue weighted by Crippen LogP contribution is 2.32. The molecule has 0 aliphatic rings. The van der Waals surface area contributed by atoms with Crippen LogP contribution in [-0.4, -0.2) is 32.2 Å². The smallest absolute Gasteiger partial charge is 0.348 e. The second kappa shape index (κ2) is 4.82. The van der Waals surface area contributed by atoms with E-state index in [0.29, 0.717) is 11.5 Å². The lowest BCUT2D eigenvalue weighted by Crippen LogP contribution is -2.03. The molecule has 0 aliphatic heterocycles. The molecule has 0 saturated carbocycles. The number of hydrogen-bond donors (Lipinski definition) is 0. The number of aromatic nitrogens is 4. The van der Waals surface area contributed by atoms with Crippen molar-refractivity contribution in [2.75, 3.05) is 6.61 Å². The standard InChI is InChI=1S/C13H14N4O2S/c1-4-8-15-16-11-9-7(3)10(13(18)19-5-2)20-12(9)14-6-17(8)11/h6H,4-5H2,1-3H3. The second-order valence-corrected chi connectivity index (χ2v) is 5.36.